The van der Waals surface area contributed by atoms with E-state index < -0.39 is 0 Å². The minimum Gasteiger partial charge on any atom is -0.356 e. The summed E-state index contributed by atoms with van der Waals surface area (Å²) < 4.78 is 0.941. The smallest absolute Gasteiger partial charge is 0.206 e. The summed E-state index contributed by atoms with van der Waals surface area (Å²) in [6.07, 6.45) is 0. The molecule has 118 valence electrons. The number of halogens is 1. The fourth-order valence-corrected chi connectivity index (χ4v) is 4.13. The van der Waals surface area contributed by atoms with Crippen LogP contribution in [0.5, 0.6) is 0 Å². The molecule has 1 heterocycles. The Balaban J connectivity index is 1.55. The van der Waals surface area contributed by atoms with E-state index in [-0.39, 0.29) is 0 Å². The second-order valence-electron chi connectivity index (χ2n) is 5.10. The summed E-state index contributed by atoms with van der Waals surface area (Å²) >= 11 is 9.39. The van der Waals surface area contributed by atoms with Gasteiger partial charge >= 0.3 is 0 Å². The SMILES string of the molecule is Cc1cccc(CNc2nnc(SCc3ccccc3Cl)s2)c1. The van der Waals surface area contributed by atoms with Gasteiger partial charge in [-0.3, -0.25) is 0 Å². The first-order chi connectivity index (χ1) is 11.2. The predicted octanol–water partition coefficient (Wildman–Crippen LogP) is 5.40. The average molecular weight is 362 g/mol. The summed E-state index contributed by atoms with van der Waals surface area (Å²) in [4.78, 5) is 0. The van der Waals surface area contributed by atoms with Crippen molar-refractivity contribution in [3.63, 3.8) is 0 Å². The molecular weight excluding hydrogens is 346 g/mol. The molecule has 0 saturated carbocycles. The van der Waals surface area contributed by atoms with Crippen molar-refractivity contribution in [2.24, 2.45) is 0 Å². The van der Waals surface area contributed by atoms with Gasteiger partial charge in [0.2, 0.25) is 5.13 Å². The fourth-order valence-electron chi connectivity index (χ4n) is 2.09. The van der Waals surface area contributed by atoms with E-state index in [1.165, 1.54) is 11.1 Å². The first-order valence-corrected chi connectivity index (χ1v) is 9.38. The number of benzene rings is 2. The third-order valence-corrected chi connectivity index (χ3v) is 5.67. The Bertz CT molecular complexity index is 789. The van der Waals surface area contributed by atoms with Gasteiger partial charge in [0, 0.05) is 17.3 Å². The molecule has 0 unspecified atom stereocenters. The monoisotopic (exact) mass is 361 g/mol. The number of anilines is 1. The highest BCUT2D eigenvalue weighted by Gasteiger charge is 2.06. The molecule has 0 spiro atoms. The van der Waals surface area contributed by atoms with E-state index in [0.29, 0.717) is 0 Å². The number of hydrogen-bond acceptors (Lipinski definition) is 5. The van der Waals surface area contributed by atoms with E-state index in [4.69, 9.17) is 11.6 Å². The lowest BCUT2D eigenvalue weighted by Crippen LogP contribution is -1.98. The van der Waals surface area contributed by atoms with E-state index in [1.807, 2.05) is 24.3 Å². The van der Waals surface area contributed by atoms with E-state index in [2.05, 4.69) is 46.7 Å². The van der Waals surface area contributed by atoms with Crippen molar-refractivity contribution < 1.29 is 0 Å². The van der Waals surface area contributed by atoms with Gasteiger partial charge in [-0.1, -0.05) is 82.7 Å². The van der Waals surface area contributed by atoms with Gasteiger partial charge in [-0.05, 0) is 24.1 Å². The lowest BCUT2D eigenvalue weighted by molar-refractivity contribution is 0.994. The molecule has 0 aliphatic heterocycles. The van der Waals surface area contributed by atoms with E-state index >= 15 is 0 Å². The highest BCUT2D eigenvalue weighted by Crippen LogP contribution is 2.30. The molecule has 0 aliphatic carbocycles. The molecule has 0 radical (unpaired) electrons. The number of thioether (sulfide) groups is 1. The summed E-state index contributed by atoms with van der Waals surface area (Å²) in [6, 6.07) is 16.3. The Hall–Kier alpha value is -1.56. The normalized spacial score (nSPS) is 10.7. The third kappa shape index (κ3) is 4.70. The second-order valence-corrected chi connectivity index (χ2v) is 7.70. The van der Waals surface area contributed by atoms with Crippen LogP contribution in [0.15, 0.2) is 52.9 Å². The lowest BCUT2D eigenvalue weighted by Gasteiger charge is -2.03. The molecular formula is C17H16ClN3S2. The molecule has 0 amide bonds. The molecule has 0 atom stereocenters. The van der Waals surface area contributed by atoms with Gasteiger partial charge in [-0.25, -0.2) is 0 Å². The lowest BCUT2D eigenvalue weighted by atomic mass is 10.1. The number of aryl methyl sites for hydroxylation is 1. The molecule has 1 N–H and O–H groups in total. The van der Waals surface area contributed by atoms with Gasteiger partial charge < -0.3 is 5.32 Å². The van der Waals surface area contributed by atoms with Crippen LogP contribution in [0.1, 0.15) is 16.7 Å². The van der Waals surface area contributed by atoms with Crippen molar-refractivity contribution in [1.82, 2.24) is 10.2 Å². The van der Waals surface area contributed by atoms with Gasteiger partial charge in [-0.2, -0.15) is 0 Å². The first kappa shape index (κ1) is 16.3. The Morgan fingerprint density at radius 3 is 2.83 bits per heavy atom. The van der Waals surface area contributed by atoms with Crippen LogP contribution in [0, 0.1) is 6.92 Å². The van der Waals surface area contributed by atoms with E-state index in [1.54, 1.807) is 23.1 Å². The van der Waals surface area contributed by atoms with Crippen LogP contribution in [0.3, 0.4) is 0 Å². The Morgan fingerprint density at radius 2 is 2.00 bits per heavy atom. The largest absolute Gasteiger partial charge is 0.356 e. The van der Waals surface area contributed by atoms with Crippen molar-refractivity contribution in [1.29, 1.82) is 0 Å². The summed E-state index contributed by atoms with van der Waals surface area (Å²) in [6.45, 7) is 2.85. The van der Waals surface area contributed by atoms with E-state index in [9.17, 15) is 0 Å². The first-order valence-electron chi connectivity index (χ1n) is 7.20. The van der Waals surface area contributed by atoms with Crippen LogP contribution in [-0.4, -0.2) is 10.2 Å². The van der Waals surface area contributed by atoms with Crippen LogP contribution < -0.4 is 5.32 Å². The van der Waals surface area contributed by atoms with Crippen LogP contribution in [0.25, 0.3) is 0 Å². The molecule has 3 rings (SSSR count). The summed E-state index contributed by atoms with van der Waals surface area (Å²) in [5, 5.41) is 13.4. The van der Waals surface area contributed by atoms with Crippen molar-refractivity contribution in [3.05, 3.63) is 70.2 Å². The number of aromatic nitrogens is 2. The molecule has 0 aliphatic rings. The highest BCUT2D eigenvalue weighted by atomic mass is 35.5. The van der Waals surface area contributed by atoms with E-state index in [0.717, 1.165) is 32.4 Å². The number of nitrogens with one attached hydrogen (secondary N) is 1. The maximum Gasteiger partial charge on any atom is 0.206 e. The Labute approximate surface area is 149 Å². The molecule has 6 heteroatoms. The van der Waals surface area contributed by atoms with Crippen molar-refractivity contribution in [2.45, 2.75) is 23.6 Å². The van der Waals surface area contributed by atoms with Crippen LogP contribution in [-0.2, 0) is 12.3 Å². The molecule has 0 fully saturated rings. The summed E-state index contributed by atoms with van der Waals surface area (Å²) in [5.74, 6) is 0.798. The summed E-state index contributed by atoms with van der Waals surface area (Å²) in [5.41, 5.74) is 3.62. The molecule has 0 bridgehead atoms. The molecule has 1 aromatic heterocycles. The van der Waals surface area contributed by atoms with Crippen LogP contribution >= 0.6 is 34.7 Å². The quantitative estimate of drug-likeness (QED) is 0.596. The molecule has 0 saturated heterocycles. The van der Waals surface area contributed by atoms with Gasteiger partial charge in [0.05, 0.1) is 0 Å². The van der Waals surface area contributed by atoms with Crippen molar-refractivity contribution in [3.8, 4) is 0 Å². The molecule has 2 aromatic carbocycles. The Morgan fingerprint density at radius 1 is 1.13 bits per heavy atom. The molecule has 3 nitrogen and oxygen atoms in total. The zero-order chi connectivity index (χ0) is 16.1. The minimum absolute atomic E-state index is 0.755. The third-order valence-electron chi connectivity index (χ3n) is 3.24. The van der Waals surface area contributed by atoms with Crippen LogP contribution in [0.4, 0.5) is 5.13 Å². The number of rotatable bonds is 6. The maximum absolute atomic E-state index is 6.17. The summed E-state index contributed by atoms with van der Waals surface area (Å²) in [7, 11) is 0. The number of nitrogens with zero attached hydrogens (tertiary/aromatic N) is 2. The van der Waals surface area contributed by atoms with Gasteiger partial charge in [-0.15, -0.1) is 10.2 Å². The Kier molecular flexibility index (Phi) is 5.54. The standard InChI is InChI=1S/C17H16ClN3S2/c1-12-5-4-6-13(9-12)10-19-16-20-21-17(23-16)22-11-14-7-2-3-8-15(14)18/h2-9H,10-11H2,1H3,(H,19,20). The van der Waals surface area contributed by atoms with Gasteiger partial charge in [0.15, 0.2) is 4.34 Å². The fraction of sp³-hybridized carbons (Fsp3) is 0.176. The number of hydrogen-bond donors (Lipinski definition) is 1. The van der Waals surface area contributed by atoms with Crippen molar-refractivity contribution in [2.75, 3.05) is 5.32 Å². The van der Waals surface area contributed by atoms with Crippen molar-refractivity contribution >= 4 is 39.8 Å². The topological polar surface area (TPSA) is 37.8 Å². The average Bonchev–Trinajstić information content (AvgIpc) is 3.00. The maximum atomic E-state index is 6.17. The zero-order valence-corrected chi connectivity index (χ0v) is 15.0. The van der Waals surface area contributed by atoms with Crippen LogP contribution in [0.2, 0.25) is 5.02 Å². The predicted molar refractivity (Wildman–Crippen MR) is 99.4 cm³/mol. The van der Waals surface area contributed by atoms with Gasteiger partial charge in [0.25, 0.3) is 0 Å². The minimum atomic E-state index is 0.755. The van der Waals surface area contributed by atoms with Gasteiger partial charge in [0.1, 0.15) is 0 Å². The molecule has 23 heavy (non-hydrogen) atoms. The second kappa shape index (κ2) is 7.81. The molecule has 3 aromatic rings. The highest BCUT2D eigenvalue weighted by molar-refractivity contribution is 8.00. The zero-order valence-electron chi connectivity index (χ0n) is 12.6.